The summed E-state index contributed by atoms with van der Waals surface area (Å²) in [6, 6.07) is 6.08. The summed E-state index contributed by atoms with van der Waals surface area (Å²) in [6.07, 6.45) is 1.16. The largest absolute Gasteiger partial charge is 0.489 e. The van der Waals surface area contributed by atoms with E-state index >= 15 is 0 Å². The van der Waals surface area contributed by atoms with Crippen LogP contribution in [0.25, 0.3) is 0 Å². The van der Waals surface area contributed by atoms with Gasteiger partial charge in [-0.1, -0.05) is 6.92 Å². The highest BCUT2D eigenvalue weighted by atomic mass is 19.1. The van der Waals surface area contributed by atoms with E-state index in [9.17, 15) is 4.39 Å². The van der Waals surface area contributed by atoms with Gasteiger partial charge in [-0.2, -0.15) is 0 Å². The molecular weight excluding hydrogens is 319 g/mol. The van der Waals surface area contributed by atoms with Crippen LogP contribution in [0.2, 0.25) is 0 Å². The highest BCUT2D eigenvalue weighted by molar-refractivity contribution is 5.79. The molecule has 0 amide bonds. The van der Waals surface area contributed by atoms with Crippen molar-refractivity contribution in [1.82, 2.24) is 15.5 Å². The van der Waals surface area contributed by atoms with E-state index in [0.717, 1.165) is 32.1 Å². The van der Waals surface area contributed by atoms with Crippen molar-refractivity contribution in [1.29, 1.82) is 0 Å². The van der Waals surface area contributed by atoms with Crippen molar-refractivity contribution in [2.45, 2.75) is 33.3 Å². The van der Waals surface area contributed by atoms with E-state index in [1.807, 2.05) is 6.92 Å². The first-order valence-corrected chi connectivity index (χ1v) is 9.27. The van der Waals surface area contributed by atoms with Gasteiger partial charge in [0.1, 0.15) is 17.7 Å². The number of halogens is 1. The molecule has 140 valence electrons. The number of nitrogens with zero attached hydrogens (tertiary/aromatic N) is 2. The third-order valence-corrected chi connectivity index (χ3v) is 4.38. The minimum atomic E-state index is -0.259. The second kappa shape index (κ2) is 10.2. The number of nitrogens with one attached hydrogen (secondary N) is 2. The van der Waals surface area contributed by atoms with Crippen LogP contribution < -0.4 is 15.4 Å². The number of guanidine groups is 1. The predicted octanol–water partition coefficient (Wildman–Crippen LogP) is 2.49. The maximum atomic E-state index is 12.9. The van der Waals surface area contributed by atoms with Gasteiger partial charge in [0.25, 0.3) is 0 Å². The van der Waals surface area contributed by atoms with Gasteiger partial charge in [-0.05, 0) is 63.5 Å². The lowest BCUT2D eigenvalue weighted by molar-refractivity contribution is 0.230. The number of rotatable bonds is 8. The molecule has 1 fully saturated rings. The second-order valence-corrected chi connectivity index (χ2v) is 6.53. The number of hydrogen-bond donors (Lipinski definition) is 2. The Morgan fingerprint density at radius 1 is 1.32 bits per heavy atom. The molecule has 0 aliphatic carbocycles. The standard InChI is InChI=1S/C19H31FN4O/c1-4-21-19(23-13-16-10-11-24(5-2)14-16)22-12-15(3)25-18-8-6-17(20)7-9-18/h6-9,15-16H,4-5,10-14H2,1-3H3,(H2,21,22,23). The van der Waals surface area contributed by atoms with Crippen LogP contribution in [0.3, 0.4) is 0 Å². The van der Waals surface area contributed by atoms with Crippen molar-refractivity contribution in [2.75, 3.05) is 39.3 Å². The highest BCUT2D eigenvalue weighted by Crippen LogP contribution is 2.15. The van der Waals surface area contributed by atoms with E-state index in [1.54, 1.807) is 12.1 Å². The lowest BCUT2D eigenvalue weighted by Crippen LogP contribution is -2.41. The molecule has 1 aromatic carbocycles. The molecule has 5 nitrogen and oxygen atoms in total. The molecule has 25 heavy (non-hydrogen) atoms. The van der Waals surface area contributed by atoms with Gasteiger partial charge in [0.05, 0.1) is 6.54 Å². The Hall–Kier alpha value is -1.82. The molecule has 0 bridgehead atoms. The average molecular weight is 350 g/mol. The number of ether oxygens (including phenoxy) is 1. The normalized spacial score (nSPS) is 19.7. The van der Waals surface area contributed by atoms with Crippen molar-refractivity contribution in [3.05, 3.63) is 30.1 Å². The molecule has 2 rings (SSSR count). The minimum Gasteiger partial charge on any atom is -0.489 e. The first kappa shape index (κ1) is 19.5. The van der Waals surface area contributed by atoms with Gasteiger partial charge in [0.15, 0.2) is 5.96 Å². The summed E-state index contributed by atoms with van der Waals surface area (Å²) in [5, 5.41) is 6.72. The summed E-state index contributed by atoms with van der Waals surface area (Å²) in [4.78, 5) is 7.09. The Bertz CT molecular complexity index is 535. The van der Waals surface area contributed by atoms with Gasteiger partial charge in [-0.15, -0.1) is 0 Å². The van der Waals surface area contributed by atoms with E-state index in [1.165, 1.54) is 25.1 Å². The van der Waals surface area contributed by atoms with Gasteiger partial charge in [-0.3, -0.25) is 0 Å². The summed E-state index contributed by atoms with van der Waals surface area (Å²) in [5.41, 5.74) is 0. The minimum absolute atomic E-state index is 0.0806. The van der Waals surface area contributed by atoms with Crippen LogP contribution in [0.15, 0.2) is 29.3 Å². The van der Waals surface area contributed by atoms with Crippen LogP contribution in [0.4, 0.5) is 4.39 Å². The Labute approximate surface area is 150 Å². The van der Waals surface area contributed by atoms with E-state index in [4.69, 9.17) is 4.74 Å². The maximum Gasteiger partial charge on any atom is 0.191 e. The Kier molecular flexibility index (Phi) is 7.98. The molecular formula is C19H31FN4O. The molecule has 1 saturated heterocycles. The van der Waals surface area contributed by atoms with Crippen LogP contribution in [0.5, 0.6) is 5.75 Å². The third kappa shape index (κ3) is 6.90. The zero-order valence-electron chi connectivity index (χ0n) is 15.6. The zero-order chi connectivity index (χ0) is 18.1. The Balaban J connectivity index is 1.78. The summed E-state index contributed by atoms with van der Waals surface area (Å²) in [7, 11) is 0. The molecule has 1 heterocycles. The second-order valence-electron chi connectivity index (χ2n) is 6.53. The molecule has 0 saturated carbocycles. The molecule has 1 aromatic rings. The van der Waals surface area contributed by atoms with Crippen LogP contribution in [-0.4, -0.2) is 56.2 Å². The average Bonchev–Trinajstić information content (AvgIpc) is 3.07. The van der Waals surface area contributed by atoms with E-state index in [0.29, 0.717) is 18.2 Å². The maximum absolute atomic E-state index is 12.9. The summed E-state index contributed by atoms with van der Waals surface area (Å²) in [6.45, 7) is 12.0. The molecule has 1 aliphatic heterocycles. The van der Waals surface area contributed by atoms with Crippen molar-refractivity contribution in [2.24, 2.45) is 10.9 Å². The molecule has 0 aromatic heterocycles. The molecule has 1 aliphatic rings. The lowest BCUT2D eigenvalue weighted by Gasteiger charge is -2.17. The van der Waals surface area contributed by atoms with Crippen molar-refractivity contribution < 1.29 is 9.13 Å². The topological polar surface area (TPSA) is 48.9 Å². The number of likely N-dealkylation sites (tertiary alicyclic amines) is 1. The lowest BCUT2D eigenvalue weighted by atomic mass is 10.1. The van der Waals surface area contributed by atoms with Gasteiger partial charge in [0, 0.05) is 19.6 Å². The number of hydrogen-bond acceptors (Lipinski definition) is 3. The van der Waals surface area contributed by atoms with E-state index in [-0.39, 0.29) is 11.9 Å². The van der Waals surface area contributed by atoms with Gasteiger partial charge in [-0.25, -0.2) is 9.38 Å². The number of benzene rings is 1. The van der Waals surface area contributed by atoms with Crippen LogP contribution in [0, 0.1) is 11.7 Å². The fraction of sp³-hybridized carbons (Fsp3) is 0.632. The molecule has 2 atom stereocenters. The van der Waals surface area contributed by atoms with E-state index in [2.05, 4.69) is 34.4 Å². The fourth-order valence-electron chi connectivity index (χ4n) is 2.95. The van der Waals surface area contributed by atoms with Gasteiger partial charge >= 0.3 is 0 Å². The van der Waals surface area contributed by atoms with Gasteiger partial charge in [0.2, 0.25) is 0 Å². The van der Waals surface area contributed by atoms with E-state index < -0.39 is 0 Å². The highest BCUT2D eigenvalue weighted by Gasteiger charge is 2.21. The first-order chi connectivity index (χ1) is 12.1. The van der Waals surface area contributed by atoms with Crippen LogP contribution >= 0.6 is 0 Å². The zero-order valence-corrected chi connectivity index (χ0v) is 15.6. The SMILES string of the molecule is CCNC(=NCC(C)Oc1ccc(F)cc1)NCC1CCN(CC)C1. The molecule has 0 radical (unpaired) electrons. The third-order valence-electron chi connectivity index (χ3n) is 4.38. The predicted molar refractivity (Wildman–Crippen MR) is 101 cm³/mol. The summed E-state index contributed by atoms with van der Waals surface area (Å²) in [5.74, 6) is 1.90. The molecule has 0 spiro atoms. The molecule has 6 heteroatoms. The van der Waals surface area contributed by atoms with Crippen molar-refractivity contribution >= 4 is 5.96 Å². The Morgan fingerprint density at radius 3 is 2.72 bits per heavy atom. The Morgan fingerprint density at radius 2 is 2.08 bits per heavy atom. The van der Waals surface area contributed by atoms with Crippen molar-refractivity contribution in [3.8, 4) is 5.75 Å². The molecule has 2 unspecified atom stereocenters. The molecule has 2 N–H and O–H groups in total. The number of aliphatic imine (C=N–C) groups is 1. The van der Waals surface area contributed by atoms with Crippen LogP contribution in [0.1, 0.15) is 27.2 Å². The first-order valence-electron chi connectivity index (χ1n) is 9.27. The fourth-order valence-corrected chi connectivity index (χ4v) is 2.95. The summed E-state index contributed by atoms with van der Waals surface area (Å²) < 4.78 is 18.7. The van der Waals surface area contributed by atoms with Crippen molar-refractivity contribution in [3.63, 3.8) is 0 Å². The quantitative estimate of drug-likeness (QED) is 0.559. The monoisotopic (exact) mass is 350 g/mol. The summed E-state index contributed by atoms with van der Waals surface area (Å²) >= 11 is 0. The smallest absolute Gasteiger partial charge is 0.191 e. The van der Waals surface area contributed by atoms with Crippen LogP contribution in [-0.2, 0) is 0 Å². The van der Waals surface area contributed by atoms with Gasteiger partial charge < -0.3 is 20.3 Å².